The average molecular weight is 283 g/mol. The number of fused-ring (bicyclic) bond motifs is 1. The Morgan fingerprint density at radius 1 is 1.33 bits per heavy atom. The van der Waals surface area contributed by atoms with Crippen LogP contribution in [0.3, 0.4) is 0 Å². The summed E-state index contributed by atoms with van der Waals surface area (Å²) in [6.07, 6.45) is 2.72. The zero-order valence-electron chi connectivity index (χ0n) is 13.3. The smallest absolute Gasteiger partial charge is 0.136 e. The molecular formula is C18H25N3. The lowest BCUT2D eigenvalue weighted by molar-refractivity contribution is 0.603. The molecule has 1 aliphatic carbocycles. The number of hydrogen-bond acceptors (Lipinski definition) is 3. The van der Waals surface area contributed by atoms with Gasteiger partial charge in [0.05, 0.1) is 5.69 Å². The summed E-state index contributed by atoms with van der Waals surface area (Å²) in [5.74, 6) is 1.97. The molecule has 1 fully saturated rings. The number of benzene rings is 1. The van der Waals surface area contributed by atoms with E-state index in [1.54, 1.807) is 0 Å². The highest BCUT2D eigenvalue weighted by molar-refractivity contribution is 5.92. The molecule has 0 aliphatic heterocycles. The summed E-state index contributed by atoms with van der Waals surface area (Å²) in [5.41, 5.74) is 1.13. The highest BCUT2D eigenvalue weighted by atomic mass is 15.2. The Morgan fingerprint density at radius 2 is 2.10 bits per heavy atom. The number of rotatable bonds is 6. The number of pyridine rings is 1. The van der Waals surface area contributed by atoms with E-state index < -0.39 is 0 Å². The van der Waals surface area contributed by atoms with Crippen molar-refractivity contribution in [2.24, 2.45) is 5.92 Å². The van der Waals surface area contributed by atoms with E-state index in [1.165, 1.54) is 23.6 Å². The average Bonchev–Trinajstić information content (AvgIpc) is 3.35. The molecule has 112 valence electrons. The number of anilines is 1. The predicted octanol–water partition coefficient (Wildman–Crippen LogP) is 3.58. The molecule has 0 amide bonds. The highest BCUT2D eigenvalue weighted by Crippen LogP contribution is 2.37. The minimum Gasteiger partial charge on any atom is -0.356 e. The molecule has 1 aromatic carbocycles. The zero-order chi connectivity index (χ0) is 14.8. The van der Waals surface area contributed by atoms with Crippen molar-refractivity contribution >= 4 is 16.6 Å². The van der Waals surface area contributed by atoms with Gasteiger partial charge in [-0.15, -0.1) is 0 Å². The molecule has 1 unspecified atom stereocenters. The lowest BCUT2D eigenvalue weighted by Crippen LogP contribution is -2.31. The van der Waals surface area contributed by atoms with Gasteiger partial charge in [0.15, 0.2) is 0 Å². The fourth-order valence-electron chi connectivity index (χ4n) is 2.93. The minimum atomic E-state index is 0.565. The second-order valence-electron chi connectivity index (χ2n) is 6.13. The Morgan fingerprint density at radius 3 is 2.81 bits per heavy atom. The fourth-order valence-corrected chi connectivity index (χ4v) is 2.93. The quantitative estimate of drug-likeness (QED) is 0.878. The first-order valence-corrected chi connectivity index (χ1v) is 8.03. The van der Waals surface area contributed by atoms with Crippen LogP contribution in [0.25, 0.3) is 10.8 Å². The molecular weight excluding hydrogens is 258 g/mol. The molecule has 3 heteroatoms. The van der Waals surface area contributed by atoms with E-state index in [0.717, 1.165) is 30.5 Å². The number of aromatic nitrogens is 1. The van der Waals surface area contributed by atoms with E-state index in [1.807, 2.05) is 0 Å². The van der Waals surface area contributed by atoms with Crippen LogP contribution in [-0.2, 0) is 6.54 Å². The van der Waals surface area contributed by atoms with Crippen molar-refractivity contribution < 1.29 is 0 Å². The molecule has 0 radical (unpaired) electrons. The summed E-state index contributed by atoms with van der Waals surface area (Å²) in [6.45, 7) is 6.26. The van der Waals surface area contributed by atoms with Crippen LogP contribution in [0.2, 0.25) is 0 Å². The maximum absolute atomic E-state index is 4.93. The summed E-state index contributed by atoms with van der Waals surface area (Å²) >= 11 is 0. The van der Waals surface area contributed by atoms with Crippen LogP contribution in [0, 0.1) is 5.92 Å². The highest BCUT2D eigenvalue weighted by Gasteiger charge is 2.31. The first-order chi connectivity index (χ1) is 10.2. The Kier molecular flexibility index (Phi) is 4.11. The van der Waals surface area contributed by atoms with Gasteiger partial charge in [-0.25, -0.2) is 4.98 Å². The third kappa shape index (κ3) is 3.03. The van der Waals surface area contributed by atoms with Gasteiger partial charge >= 0.3 is 0 Å². The van der Waals surface area contributed by atoms with Crippen LogP contribution in [-0.4, -0.2) is 24.6 Å². The van der Waals surface area contributed by atoms with Gasteiger partial charge in [-0.3, -0.25) is 0 Å². The second kappa shape index (κ2) is 6.02. The summed E-state index contributed by atoms with van der Waals surface area (Å²) in [6, 6.07) is 11.4. The van der Waals surface area contributed by atoms with Crippen molar-refractivity contribution in [1.29, 1.82) is 0 Å². The summed E-state index contributed by atoms with van der Waals surface area (Å²) in [5, 5.41) is 5.92. The monoisotopic (exact) mass is 283 g/mol. The van der Waals surface area contributed by atoms with E-state index >= 15 is 0 Å². The molecule has 1 saturated carbocycles. The molecule has 0 bridgehead atoms. The molecule has 1 heterocycles. The number of nitrogens with one attached hydrogen (secondary N) is 1. The Hall–Kier alpha value is -1.61. The van der Waals surface area contributed by atoms with E-state index in [-0.39, 0.29) is 0 Å². The van der Waals surface area contributed by atoms with Crippen LogP contribution in [0.5, 0.6) is 0 Å². The number of hydrogen-bond donors (Lipinski definition) is 1. The van der Waals surface area contributed by atoms with Crippen LogP contribution in [0.4, 0.5) is 5.82 Å². The van der Waals surface area contributed by atoms with Crippen molar-refractivity contribution in [2.45, 2.75) is 39.3 Å². The van der Waals surface area contributed by atoms with Crippen LogP contribution in [0.1, 0.15) is 32.4 Å². The van der Waals surface area contributed by atoms with Gasteiger partial charge in [-0.2, -0.15) is 0 Å². The van der Waals surface area contributed by atoms with E-state index in [2.05, 4.69) is 61.4 Å². The van der Waals surface area contributed by atoms with E-state index in [0.29, 0.717) is 6.04 Å². The van der Waals surface area contributed by atoms with Crippen LogP contribution < -0.4 is 10.2 Å². The molecule has 1 atom stereocenters. The predicted molar refractivity (Wildman–Crippen MR) is 89.7 cm³/mol. The largest absolute Gasteiger partial charge is 0.356 e. The third-order valence-corrected chi connectivity index (χ3v) is 4.58. The maximum Gasteiger partial charge on any atom is 0.136 e. The second-order valence-corrected chi connectivity index (χ2v) is 6.13. The van der Waals surface area contributed by atoms with Crippen molar-refractivity contribution in [3.05, 3.63) is 36.0 Å². The van der Waals surface area contributed by atoms with Gasteiger partial charge in [-0.05, 0) is 43.7 Å². The maximum atomic E-state index is 4.93. The van der Waals surface area contributed by atoms with Gasteiger partial charge in [-0.1, -0.05) is 31.2 Å². The van der Waals surface area contributed by atoms with Crippen molar-refractivity contribution in [3.63, 3.8) is 0 Å². The molecule has 1 N–H and O–H groups in total. The first-order valence-electron chi connectivity index (χ1n) is 8.03. The normalized spacial score (nSPS) is 16.1. The SMILES string of the molecule is CCNCc1cc2ccccc2c(N(C)C(C)C2CC2)n1. The zero-order valence-corrected chi connectivity index (χ0v) is 13.3. The molecule has 0 spiro atoms. The van der Waals surface area contributed by atoms with Gasteiger partial charge in [0, 0.05) is 25.0 Å². The van der Waals surface area contributed by atoms with Gasteiger partial charge < -0.3 is 10.2 Å². The third-order valence-electron chi connectivity index (χ3n) is 4.58. The van der Waals surface area contributed by atoms with Crippen molar-refractivity contribution in [2.75, 3.05) is 18.5 Å². The molecule has 0 saturated heterocycles. The van der Waals surface area contributed by atoms with Crippen LogP contribution >= 0.6 is 0 Å². The molecule has 3 rings (SSSR count). The molecule has 2 aromatic rings. The number of nitrogens with zero attached hydrogens (tertiary/aromatic N) is 2. The molecule has 1 aromatic heterocycles. The minimum absolute atomic E-state index is 0.565. The molecule has 1 aliphatic rings. The van der Waals surface area contributed by atoms with Gasteiger partial charge in [0.2, 0.25) is 0 Å². The molecule has 21 heavy (non-hydrogen) atoms. The van der Waals surface area contributed by atoms with Crippen molar-refractivity contribution in [1.82, 2.24) is 10.3 Å². The fraction of sp³-hybridized carbons (Fsp3) is 0.500. The van der Waals surface area contributed by atoms with Crippen molar-refractivity contribution in [3.8, 4) is 0 Å². The summed E-state index contributed by atoms with van der Waals surface area (Å²) in [4.78, 5) is 7.30. The van der Waals surface area contributed by atoms with E-state index in [9.17, 15) is 0 Å². The Balaban J connectivity index is 2.00. The Labute approximate surface area is 127 Å². The molecule has 3 nitrogen and oxygen atoms in total. The summed E-state index contributed by atoms with van der Waals surface area (Å²) in [7, 11) is 2.19. The van der Waals surface area contributed by atoms with Crippen LogP contribution in [0.15, 0.2) is 30.3 Å². The lowest BCUT2D eigenvalue weighted by Gasteiger charge is -2.27. The topological polar surface area (TPSA) is 28.2 Å². The summed E-state index contributed by atoms with van der Waals surface area (Å²) < 4.78 is 0. The van der Waals surface area contributed by atoms with Gasteiger partial charge in [0.25, 0.3) is 0 Å². The lowest BCUT2D eigenvalue weighted by atomic mass is 10.1. The van der Waals surface area contributed by atoms with E-state index in [4.69, 9.17) is 4.98 Å². The standard InChI is InChI=1S/C18H25N3/c1-4-19-12-16-11-15-7-5-6-8-17(15)18(20-16)21(3)13(2)14-9-10-14/h5-8,11,13-14,19H,4,9-10,12H2,1-3H3. The first kappa shape index (κ1) is 14.3. The van der Waals surface area contributed by atoms with Gasteiger partial charge in [0.1, 0.15) is 5.82 Å². The Bertz CT molecular complexity index is 619.